The van der Waals surface area contributed by atoms with Crippen molar-refractivity contribution in [1.82, 2.24) is 15.0 Å². The zero-order valence-corrected chi connectivity index (χ0v) is 20.0. The third-order valence-electron chi connectivity index (χ3n) is 4.91. The second kappa shape index (κ2) is 10.8. The number of aromatic nitrogens is 3. The third kappa shape index (κ3) is 6.42. The first-order valence-corrected chi connectivity index (χ1v) is 11.2. The highest BCUT2D eigenvalue weighted by Crippen LogP contribution is 2.31. The first kappa shape index (κ1) is 25.2. The summed E-state index contributed by atoms with van der Waals surface area (Å²) in [6, 6.07) is 9.12. The molecule has 0 unspecified atom stereocenters. The summed E-state index contributed by atoms with van der Waals surface area (Å²) >= 11 is 3.12. The molecule has 0 saturated carbocycles. The Morgan fingerprint density at radius 1 is 1.11 bits per heavy atom. The molecule has 1 aliphatic rings. The summed E-state index contributed by atoms with van der Waals surface area (Å²) in [7, 11) is 0. The fourth-order valence-electron chi connectivity index (χ4n) is 3.19. The zero-order valence-electron chi connectivity index (χ0n) is 18.4. The SMILES string of the molecule is O=[N+]([O-])c1cc(C=NNc2nc(Nc3cccc(C(F)(F)F)c3)nc(N3CCOCC3)n2)ccc1Br. The van der Waals surface area contributed by atoms with Crippen LogP contribution in [0.1, 0.15) is 11.1 Å². The van der Waals surface area contributed by atoms with Gasteiger partial charge in [-0.1, -0.05) is 12.1 Å². The van der Waals surface area contributed by atoms with Gasteiger partial charge in [-0.25, -0.2) is 5.43 Å². The number of anilines is 4. The van der Waals surface area contributed by atoms with Gasteiger partial charge in [0.1, 0.15) is 0 Å². The van der Waals surface area contributed by atoms with Gasteiger partial charge in [0.2, 0.25) is 17.8 Å². The monoisotopic (exact) mass is 566 g/mol. The summed E-state index contributed by atoms with van der Waals surface area (Å²) in [5.74, 6) is 0.298. The normalized spacial score (nSPS) is 14.2. The number of nitrogens with zero attached hydrogens (tertiary/aromatic N) is 6. The summed E-state index contributed by atoms with van der Waals surface area (Å²) in [4.78, 5) is 25.3. The van der Waals surface area contributed by atoms with Crippen molar-refractivity contribution in [1.29, 1.82) is 0 Å². The second-order valence-corrected chi connectivity index (χ2v) is 8.28. The van der Waals surface area contributed by atoms with Crippen molar-refractivity contribution in [2.45, 2.75) is 6.18 Å². The van der Waals surface area contributed by atoms with Crippen LogP contribution >= 0.6 is 15.9 Å². The average Bonchev–Trinajstić information content (AvgIpc) is 2.85. The molecule has 11 nitrogen and oxygen atoms in total. The van der Waals surface area contributed by atoms with Gasteiger partial charge in [-0.2, -0.15) is 33.2 Å². The van der Waals surface area contributed by atoms with E-state index in [1.165, 1.54) is 30.5 Å². The lowest BCUT2D eigenvalue weighted by molar-refractivity contribution is -0.385. The van der Waals surface area contributed by atoms with E-state index < -0.39 is 16.7 Å². The molecule has 1 saturated heterocycles. The quantitative estimate of drug-likeness (QED) is 0.239. The van der Waals surface area contributed by atoms with Gasteiger partial charge in [0.25, 0.3) is 5.69 Å². The Balaban J connectivity index is 1.59. The minimum atomic E-state index is -4.50. The number of hydrogen-bond acceptors (Lipinski definition) is 10. The summed E-state index contributed by atoms with van der Waals surface area (Å²) in [6.07, 6.45) is -3.16. The minimum Gasteiger partial charge on any atom is -0.378 e. The Hall–Kier alpha value is -3.85. The highest BCUT2D eigenvalue weighted by atomic mass is 79.9. The maximum atomic E-state index is 13.1. The summed E-state index contributed by atoms with van der Waals surface area (Å²) in [5, 5.41) is 17.9. The van der Waals surface area contributed by atoms with Crippen molar-refractivity contribution in [3.05, 3.63) is 68.2 Å². The van der Waals surface area contributed by atoms with E-state index in [1.54, 1.807) is 6.07 Å². The predicted octanol–water partition coefficient (Wildman–Crippen LogP) is 4.59. The Morgan fingerprint density at radius 2 is 1.86 bits per heavy atom. The number of halogens is 4. The molecule has 0 aliphatic carbocycles. The van der Waals surface area contributed by atoms with Crippen molar-refractivity contribution in [3.8, 4) is 0 Å². The highest BCUT2D eigenvalue weighted by Gasteiger charge is 2.30. The van der Waals surface area contributed by atoms with Crippen LogP contribution in [-0.4, -0.2) is 52.4 Å². The lowest BCUT2D eigenvalue weighted by Gasteiger charge is -2.27. The van der Waals surface area contributed by atoms with Crippen LogP contribution in [0.4, 0.5) is 42.4 Å². The molecule has 15 heteroatoms. The van der Waals surface area contributed by atoms with Gasteiger partial charge in [0.15, 0.2) is 0 Å². The van der Waals surface area contributed by atoms with Gasteiger partial charge in [-0.3, -0.25) is 10.1 Å². The zero-order chi connectivity index (χ0) is 25.7. The van der Waals surface area contributed by atoms with Crippen LogP contribution in [0, 0.1) is 10.1 Å². The van der Waals surface area contributed by atoms with Crippen LogP contribution in [0.3, 0.4) is 0 Å². The van der Waals surface area contributed by atoms with Crippen molar-refractivity contribution in [2.24, 2.45) is 5.10 Å². The third-order valence-corrected chi connectivity index (χ3v) is 5.58. The number of rotatable bonds is 7. The molecule has 0 radical (unpaired) electrons. The van der Waals surface area contributed by atoms with Crippen molar-refractivity contribution in [2.75, 3.05) is 41.9 Å². The molecule has 36 heavy (non-hydrogen) atoms. The number of nitro benzene ring substituents is 1. The van der Waals surface area contributed by atoms with Gasteiger partial charge in [0, 0.05) is 30.4 Å². The van der Waals surface area contributed by atoms with E-state index in [1.807, 2.05) is 4.90 Å². The topological polar surface area (TPSA) is 131 Å². The molecule has 0 bridgehead atoms. The van der Waals surface area contributed by atoms with Gasteiger partial charge < -0.3 is 15.0 Å². The van der Waals surface area contributed by atoms with Crippen LogP contribution in [0.2, 0.25) is 0 Å². The first-order valence-electron chi connectivity index (χ1n) is 10.4. The van der Waals surface area contributed by atoms with Gasteiger partial charge >= 0.3 is 6.18 Å². The van der Waals surface area contributed by atoms with Crippen LogP contribution in [0.25, 0.3) is 0 Å². The number of benzene rings is 2. The standard InChI is InChI=1S/C21H18BrF3N8O3/c22-16-5-4-13(10-17(16)33(34)35)12-26-31-19-28-18(29-20(30-19)32-6-8-36-9-7-32)27-15-3-1-2-14(11-15)21(23,24)25/h1-5,10-12H,6-9H2,(H2,27,28,29,30,31). The van der Waals surface area contributed by atoms with Crippen molar-refractivity contribution < 1.29 is 22.8 Å². The van der Waals surface area contributed by atoms with E-state index in [4.69, 9.17) is 4.74 Å². The second-order valence-electron chi connectivity index (χ2n) is 7.42. The molecule has 1 aromatic heterocycles. The van der Waals surface area contributed by atoms with Crippen LogP contribution in [0.15, 0.2) is 52.0 Å². The van der Waals surface area contributed by atoms with Crippen LogP contribution in [-0.2, 0) is 10.9 Å². The molecular weight excluding hydrogens is 549 g/mol. The molecule has 4 rings (SSSR count). The molecule has 1 aliphatic heterocycles. The van der Waals surface area contributed by atoms with E-state index in [0.29, 0.717) is 36.3 Å². The molecule has 2 N–H and O–H groups in total. The lowest BCUT2D eigenvalue weighted by atomic mass is 10.2. The predicted molar refractivity (Wildman–Crippen MR) is 130 cm³/mol. The Labute approximate surface area is 210 Å². The van der Waals surface area contributed by atoms with Gasteiger partial charge in [0.05, 0.1) is 34.4 Å². The summed E-state index contributed by atoms with van der Waals surface area (Å²) in [6.45, 7) is 1.95. The fraction of sp³-hybridized carbons (Fsp3) is 0.238. The maximum Gasteiger partial charge on any atom is 0.416 e. The average molecular weight is 567 g/mol. The number of morpholine rings is 1. The summed E-state index contributed by atoms with van der Waals surface area (Å²) < 4.78 is 45.0. The smallest absolute Gasteiger partial charge is 0.378 e. The Morgan fingerprint density at radius 3 is 2.58 bits per heavy atom. The van der Waals surface area contributed by atoms with E-state index in [9.17, 15) is 23.3 Å². The van der Waals surface area contributed by atoms with Crippen molar-refractivity contribution in [3.63, 3.8) is 0 Å². The van der Waals surface area contributed by atoms with E-state index in [0.717, 1.165) is 12.1 Å². The summed E-state index contributed by atoms with van der Waals surface area (Å²) in [5.41, 5.74) is 2.29. The van der Waals surface area contributed by atoms with E-state index in [2.05, 4.69) is 46.7 Å². The molecule has 1 fully saturated rings. The number of hydrazone groups is 1. The van der Waals surface area contributed by atoms with Crippen molar-refractivity contribution >= 4 is 51.4 Å². The molecule has 188 valence electrons. The minimum absolute atomic E-state index is 0.00259. The molecule has 2 aromatic carbocycles. The van der Waals surface area contributed by atoms with Crippen LogP contribution < -0.4 is 15.6 Å². The van der Waals surface area contributed by atoms with E-state index >= 15 is 0 Å². The Kier molecular flexibility index (Phi) is 7.59. The largest absolute Gasteiger partial charge is 0.416 e. The van der Waals surface area contributed by atoms with Gasteiger partial charge in [-0.05, 0) is 40.2 Å². The number of alkyl halides is 3. The molecule has 0 amide bonds. The lowest BCUT2D eigenvalue weighted by Crippen LogP contribution is -2.37. The molecule has 2 heterocycles. The number of nitrogens with one attached hydrogen (secondary N) is 2. The van der Waals surface area contributed by atoms with Crippen LogP contribution in [0.5, 0.6) is 0 Å². The number of ether oxygens (including phenoxy) is 1. The maximum absolute atomic E-state index is 13.1. The fourth-order valence-corrected chi connectivity index (χ4v) is 3.58. The molecular formula is C21H18BrF3N8O3. The molecule has 0 atom stereocenters. The number of hydrogen-bond donors (Lipinski definition) is 2. The number of nitro groups is 1. The molecule has 3 aromatic rings. The molecule has 0 spiro atoms. The Bertz CT molecular complexity index is 1290. The van der Waals surface area contributed by atoms with Gasteiger partial charge in [-0.15, -0.1) is 0 Å². The highest BCUT2D eigenvalue weighted by molar-refractivity contribution is 9.10. The van der Waals surface area contributed by atoms with E-state index in [-0.39, 0.29) is 29.2 Å². The first-order chi connectivity index (χ1) is 17.2.